The molecular weight excluding hydrogens is 454 g/mol. The number of nitrogens with one attached hydrogen (secondary N) is 1. The highest BCUT2D eigenvalue weighted by Crippen LogP contribution is 2.32. The third kappa shape index (κ3) is 5.55. The Morgan fingerprint density at radius 1 is 0.706 bits per heavy atom. The molecule has 11 nitrogen and oxygen atoms in total. The van der Waals surface area contributed by atoms with Crippen molar-refractivity contribution in [3.05, 3.63) is 85.1 Å². The van der Waals surface area contributed by atoms with E-state index in [1.54, 1.807) is 30.3 Å². The number of benzene rings is 2. The molecule has 2 aromatic heterocycles. The zero-order valence-electron chi connectivity index (χ0n) is 17.6. The number of pyridine rings is 2. The average molecular weight is 474 g/mol. The van der Waals surface area contributed by atoms with Crippen LogP contribution in [0, 0.1) is 0 Å². The van der Waals surface area contributed by atoms with Gasteiger partial charge in [0.15, 0.2) is 11.6 Å². The minimum Gasteiger partial charge on any atom is -0.382 e. The summed E-state index contributed by atoms with van der Waals surface area (Å²) in [6, 6.07) is 21.4. The smallest absolute Gasteiger partial charge is 0.263 e. The summed E-state index contributed by atoms with van der Waals surface area (Å²) >= 11 is 0. The second kappa shape index (κ2) is 9.83. The van der Waals surface area contributed by atoms with Crippen LogP contribution in [0.25, 0.3) is 0 Å². The van der Waals surface area contributed by atoms with Gasteiger partial charge in [-0.2, -0.15) is 10.2 Å². The van der Waals surface area contributed by atoms with Crippen LogP contribution in [0.3, 0.4) is 0 Å². The van der Waals surface area contributed by atoms with E-state index >= 15 is 0 Å². The first kappa shape index (κ1) is 22.5. The Morgan fingerprint density at radius 2 is 1.29 bits per heavy atom. The fraction of sp³-hybridized carbons (Fsp3) is 0. The number of anilines is 3. The van der Waals surface area contributed by atoms with Crippen LogP contribution in [0.4, 0.5) is 40.2 Å². The van der Waals surface area contributed by atoms with E-state index in [1.165, 1.54) is 36.5 Å². The van der Waals surface area contributed by atoms with Crippen LogP contribution in [0.1, 0.15) is 0 Å². The number of nitrogens with two attached hydrogens (primary N) is 2. The molecule has 0 aliphatic rings. The van der Waals surface area contributed by atoms with Gasteiger partial charge in [0.1, 0.15) is 17.2 Å². The second-order valence-corrected chi connectivity index (χ2v) is 8.53. The van der Waals surface area contributed by atoms with Crippen LogP contribution < -0.4 is 16.2 Å². The molecule has 0 amide bonds. The van der Waals surface area contributed by atoms with Gasteiger partial charge in [-0.05, 0) is 48.5 Å². The standard InChI is InChI=1S/C22H19N9O2S/c23-21-18(29-27-15-6-2-1-3-7-15)14-19(22(24)26-21)30-28-16-9-11-17(12-10-16)34(32,33)31-20-8-4-5-13-25-20/h1-14H,(H,25,31)(H4,23,24,26)/b29-27+,30-28+. The summed E-state index contributed by atoms with van der Waals surface area (Å²) in [7, 11) is -3.80. The largest absolute Gasteiger partial charge is 0.382 e. The lowest BCUT2D eigenvalue weighted by molar-refractivity contribution is 0.601. The lowest BCUT2D eigenvalue weighted by Gasteiger charge is -2.07. The Morgan fingerprint density at radius 3 is 1.88 bits per heavy atom. The first-order chi connectivity index (χ1) is 16.4. The quantitative estimate of drug-likeness (QED) is 0.308. The van der Waals surface area contributed by atoms with Gasteiger partial charge in [-0.1, -0.05) is 24.3 Å². The van der Waals surface area contributed by atoms with Crippen molar-refractivity contribution in [1.82, 2.24) is 9.97 Å². The van der Waals surface area contributed by atoms with Crippen molar-refractivity contribution in [3.8, 4) is 0 Å². The van der Waals surface area contributed by atoms with E-state index in [1.807, 2.05) is 18.2 Å². The summed E-state index contributed by atoms with van der Waals surface area (Å²) < 4.78 is 27.4. The molecular formula is C22H19N9O2S. The van der Waals surface area contributed by atoms with Crippen molar-refractivity contribution in [3.63, 3.8) is 0 Å². The van der Waals surface area contributed by atoms with E-state index < -0.39 is 10.0 Å². The maximum absolute atomic E-state index is 12.5. The van der Waals surface area contributed by atoms with Crippen molar-refractivity contribution in [2.75, 3.05) is 16.2 Å². The number of rotatable bonds is 7. The molecule has 0 fully saturated rings. The van der Waals surface area contributed by atoms with Crippen molar-refractivity contribution < 1.29 is 8.42 Å². The monoisotopic (exact) mass is 473 g/mol. The molecule has 0 aliphatic heterocycles. The zero-order chi connectivity index (χ0) is 24.0. The molecule has 2 heterocycles. The Kier molecular flexibility index (Phi) is 6.50. The van der Waals surface area contributed by atoms with Crippen molar-refractivity contribution >= 4 is 50.2 Å². The zero-order valence-corrected chi connectivity index (χ0v) is 18.5. The molecule has 0 atom stereocenters. The van der Waals surface area contributed by atoms with Crippen molar-refractivity contribution in [2.24, 2.45) is 20.5 Å². The molecule has 0 unspecified atom stereocenters. The van der Waals surface area contributed by atoms with Gasteiger partial charge in [0.25, 0.3) is 10.0 Å². The molecule has 0 saturated heterocycles. The van der Waals surface area contributed by atoms with Crippen LogP contribution >= 0.6 is 0 Å². The third-order valence-corrected chi connectivity index (χ3v) is 5.76. The summed E-state index contributed by atoms with van der Waals surface area (Å²) in [6.45, 7) is 0. The lowest BCUT2D eigenvalue weighted by Crippen LogP contribution is -2.13. The minimum atomic E-state index is -3.80. The van der Waals surface area contributed by atoms with Gasteiger partial charge >= 0.3 is 0 Å². The molecule has 2 aromatic carbocycles. The first-order valence-electron chi connectivity index (χ1n) is 9.89. The fourth-order valence-corrected chi connectivity index (χ4v) is 3.72. The maximum atomic E-state index is 12.5. The molecule has 34 heavy (non-hydrogen) atoms. The van der Waals surface area contributed by atoms with Gasteiger partial charge < -0.3 is 11.5 Å². The summed E-state index contributed by atoms with van der Waals surface area (Å²) in [6.07, 6.45) is 1.49. The van der Waals surface area contributed by atoms with Gasteiger partial charge in [0.05, 0.1) is 16.3 Å². The molecule has 0 saturated carbocycles. The molecule has 0 aliphatic carbocycles. The van der Waals surface area contributed by atoms with E-state index in [2.05, 4.69) is 35.1 Å². The normalized spacial score (nSPS) is 11.8. The van der Waals surface area contributed by atoms with Gasteiger partial charge in [-0.3, -0.25) is 4.72 Å². The Labute approximate surface area is 195 Å². The van der Waals surface area contributed by atoms with Crippen molar-refractivity contribution in [2.45, 2.75) is 4.90 Å². The summed E-state index contributed by atoms with van der Waals surface area (Å²) in [5, 5.41) is 16.4. The molecule has 0 radical (unpaired) electrons. The highest BCUT2D eigenvalue weighted by molar-refractivity contribution is 7.92. The summed E-state index contributed by atoms with van der Waals surface area (Å²) in [5.41, 5.74) is 13.4. The SMILES string of the molecule is Nc1nc(N)c(/N=N/c2ccc(S(=O)(=O)Nc3ccccn3)cc2)cc1/N=N/c1ccccc1. The summed E-state index contributed by atoms with van der Waals surface area (Å²) in [4.78, 5) is 8.05. The number of nitrogen functional groups attached to an aromatic ring is 2. The summed E-state index contributed by atoms with van der Waals surface area (Å²) in [5.74, 6) is 0.391. The fourth-order valence-electron chi connectivity index (χ4n) is 2.71. The number of hydrogen-bond acceptors (Lipinski definition) is 10. The van der Waals surface area contributed by atoms with Gasteiger partial charge in [0, 0.05) is 12.3 Å². The molecule has 0 bridgehead atoms. The molecule has 0 spiro atoms. The molecule has 4 rings (SSSR count). The van der Waals surface area contributed by atoms with E-state index in [-0.39, 0.29) is 33.7 Å². The van der Waals surface area contributed by atoms with Crippen LogP contribution in [0.15, 0.2) is 110 Å². The Bertz CT molecular complexity index is 1440. The van der Waals surface area contributed by atoms with Crippen LogP contribution in [-0.4, -0.2) is 18.4 Å². The average Bonchev–Trinajstić information content (AvgIpc) is 2.84. The Hall–Kier alpha value is -4.71. The van der Waals surface area contributed by atoms with E-state index in [0.29, 0.717) is 11.4 Å². The van der Waals surface area contributed by atoms with Gasteiger partial charge in [-0.15, -0.1) is 10.2 Å². The third-order valence-electron chi connectivity index (χ3n) is 4.39. The highest BCUT2D eigenvalue weighted by Gasteiger charge is 2.14. The number of nitrogens with zero attached hydrogens (tertiary/aromatic N) is 6. The second-order valence-electron chi connectivity index (χ2n) is 6.85. The molecule has 170 valence electrons. The van der Waals surface area contributed by atoms with Crippen LogP contribution in [-0.2, 0) is 10.0 Å². The maximum Gasteiger partial charge on any atom is 0.263 e. The minimum absolute atomic E-state index is 0.0504. The predicted octanol–water partition coefficient (Wildman–Crippen LogP) is 5.27. The van der Waals surface area contributed by atoms with Gasteiger partial charge in [0.2, 0.25) is 0 Å². The predicted molar refractivity (Wildman–Crippen MR) is 129 cm³/mol. The molecule has 12 heteroatoms. The van der Waals surface area contributed by atoms with Crippen LogP contribution in [0.5, 0.6) is 0 Å². The topological polar surface area (TPSA) is 173 Å². The number of aromatic nitrogens is 2. The van der Waals surface area contributed by atoms with E-state index in [0.717, 1.165) is 0 Å². The molecule has 4 aromatic rings. The Balaban J connectivity index is 1.51. The first-order valence-corrected chi connectivity index (χ1v) is 11.4. The lowest BCUT2D eigenvalue weighted by atomic mass is 10.3. The van der Waals surface area contributed by atoms with Crippen molar-refractivity contribution in [1.29, 1.82) is 0 Å². The van der Waals surface area contributed by atoms with E-state index in [4.69, 9.17) is 11.5 Å². The van der Waals surface area contributed by atoms with E-state index in [9.17, 15) is 8.42 Å². The highest BCUT2D eigenvalue weighted by atomic mass is 32.2. The number of sulfonamides is 1. The number of hydrogen-bond donors (Lipinski definition) is 3. The number of azo groups is 2. The van der Waals surface area contributed by atoms with Gasteiger partial charge in [-0.25, -0.2) is 18.4 Å². The molecule has 5 N–H and O–H groups in total. The van der Waals surface area contributed by atoms with Crippen LogP contribution in [0.2, 0.25) is 0 Å².